The summed E-state index contributed by atoms with van der Waals surface area (Å²) in [6, 6.07) is 4.61. The number of hydrogen-bond acceptors (Lipinski definition) is 6. The molecule has 0 bridgehead atoms. The van der Waals surface area contributed by atoms with Gasteiger partial charge in [-0.25, -0.2) is 0 Å². The molecular formula is C26H30O6. The number of aliphatic hydroxyl groups excluding tert-OH is 2. The summed E-state index contributed by atoms with van der Waals surface area (Å²) in [6.45, 7) is 6.13. The Bertz CT molecular complexity index is 1050. The van der Waals surface area contributed by atoms with Gasteiger partial charge in [0.25, 0.3) is 0 Å². The van der Waals surface area contributed by atoms with E-state index in [4.69, 9.17) is 9.47 Å². The third-order valence-electron chi connectivity index (χ3n) is 5.62. The van der Waals surface area contributed by atoms with E-state index in [0.29, 0.717) is 17.6 Å². The summed E-state index contributed by atoms with van der Waals surface area (Å²) in [6.07, 6.45) is 8.26. The van der Waals surface area contributed by atoms with E-state index in [1.807, 2.05) is 13.0 Å². The second kappa shape index (κ2) is 9.81. The van der Waals surface area contributed by atoms with Crippen molar-refractivity contribution in [1.82, 2.24) is 0 Å². The number of rotatable bonds is 7. The van der Waals surface area contributed by atoms with Crippen LogP contribution in [-0.4, -0.2) is 34.3 Å². The van der Waals surface area contributed by atoms with Crippen molar-refractivity contribution in [3.05, 3.63) is 76.3 Å². The van der Waals surface area contributed by atoms with Crippen molar-refractivity contribution in [2.75, 3.05) is 7.11 Å². The predicted molar refractivity (Wildman–Crippen MR) is 123 cm³/mol. The first-order valence-electron chi connectivity index (χ1n) is 10.6. The molecule has 0 saturated carbocycles. The molecule has 0 spiro atoms. The van der Waals surface area contributed by atoms with Crippen LogP contribution in [0.3, 0.4) is 0 Å². The number of allylic oxidation sites excluding steroid dienone is 6. The monoisotopic (exact) mass is 438 g/mol. The zero-order chi connectivity index (χ0) is 23.4. The fourth-order valence-electron chi connectivity index (χ4n) is 3.78. The van der Waals surface area contributed by atoms with Gasteiger partial charge in [0, 0.05) is 17.2 Å². The van der Waals surface area contributed by atoms with E-state index >= 15 is 0 Å². The third-order valence-corrected chi connectivity index (χ3v) is 5.62. The topological polar surface area (TPSA) is 96.2 Å². The van der Waals surface area contributed by atoms with Gasteiger partial charge in [-0.1, -0.05) is 23.3 Å². The van der Waals surface area contributed by atoms with Gasteiger partial charge in [-0.3, -0.25) is 4.79 Å². The van der Waals surface area contributed by atoms with Gasteiger partial charge in [0.15, 0.2) is 17.3 Å². The van der Waals surface area contributed by atoms with Crippen LogP contribution in [0.15, 0.2) is 70.7 Å². The minimum Gasteiger partial charge on any atom is -0.511 e. The van der Waals surface area contributed by atoms with Crippen molar-refractivity contribution in [2.45, 2.75) is 46.1 Å². The number of hydrogen-bond donors (Lipinski definition) is 3. The summed E-state index contributed by atoms with van der Waals surface area (Å²) in [5.41, 5.74) is 3.30. The molecule has 1 heterocycles. The number of ether oxygens (including phenoxy) is 2. The SMILES string of the molecule is COc1cc(C2=CC(=O)C3C(O)=C(C/C=C(\C)CCC=C(C)C)C(O)=CC3O2)ccc1O. The Hall–Kier alpha value is -3.41. The van der Waals surface area contributed by atoms with E-state index in [1.54, 1.807) is 12.1 Å². The van der Waals surface area contributed by atoms with Gasteiger partial charge in [-0.15, -0.1) is 0 Å². The summed E-state index contributed by atoms with van der Waals surface area (Å²) in [5.74, 6) is -0.956. The highest BCUT2D eigenvalue weighted by molar-refractivity contribution is 6.01. The molecule has 1 aliphatic carbocycles. The number of fused-ring (bicyclic) bond motifs is 1. The fraction of sp³-hybridized carbons (Fsp3) is 0.346. The first-order valence-corrected chi connectivity index (χ1v) is 10.6. The second-order valence-corrected chi connectivity index (χ2v) is 8.35. The van der Waals surface area contributed by atoms with E-state index in [0.717, 1.165) is 18.4 Å². The van der Waals surface area contributed by atoms with Crippen molar-refractivity contribution in [3.63, 3.8) is 0 Å². The van der Waals surface area contributed by atoms with Crippen LogP contribution < -0.4 is 4.74 Å². The molecule has 1 aliphatic heterocycles. The highest BCUT2D eigenvalue weighted by atomic mass is 16.5. The van der Waals surface area contributed by atoms with Gasteiger partial charge in [-0.2, -0.15) is 0 Å². The Kier molecular flexibility index (Phi) is 7.13. The van der Waals surface area contributed by atoms with Gasteiger partial charge < -0.3 is 24.8 Å². The standard InChI is InChI=1S/C26H30O6/c1-15(2)6-5-7-16(3)8-10-18-20(28)13-24-25(26(18)30)21(29)14-22(32-24)17-9-11-19(27)23(12-17)31-4/h6,8-9,11-14,24-25,27-28,30H,5,7,10H2,1-4H3/b16-8+. The molecule has 2 aliphatic rings. The predicted octanol–water partition coefficient (Wildman–Crippen LogP) is 5.68. The Morgan fingerprint density at radius 2 is 1.91 bits per heavy atom. The molecule has 0 amide bonds. The van der Waals surface area contributed by atoms with E-state index in [9.17, 15) is 20.1 Å². The lowest BCUT2D eigenvalue weighted by atomic mass is 9.83. The average Bonchev–Trinajstić information content (AvgIpc) is 2.73. The van der Waals surface area contributed by atoms with Crippen LogP contribution in [0.5, 0.6) is 11.5 Å². The fourth-order valence-corrected chi connectivity index (χ4v) is 3.78. The molecule has 0 aromatic heterocycles. The maximum Gasteiger partial charge on any atom is 0.174 e. The van der Waals surface area contributed by atoms with Crippen LogP contribution in [0.4, 0.5) is 0 Å². The van der Waals surface area contributed by atoms with E-state index < -0.39 is 12.0 Å². The first-order chi connectivity index (χ1) is 15.2. The molecule has 2 atom stereocenters. The number of aliphatic hydroxyl groups is 2. The minimum absolute atomic E-state index is 0.0264. The van der Waals surface area contributed by atoms with Gasteiger partial charge in [0.1, 0.15) is 29.3 Å². The minimum atomic E-state index is -0.900. The second-order valence-electron chi connectivity index (χ2n) is 8.35. The number of carbonyl (C=O) groups is 1. The molecule has 0 radical (unpaired) electrons. The molecule has 6 nitrogen and oxygen atoms in total. The van der Waals surface area contributed by atoms with Crippen molar-refractivity contribution >= 4 is 11.5 Å². The number of methoxy groups -OCH3 is 1. The van der Waals surface area contributed by atoms with Crippen molar-refractivity contribution in [3.8, 4) is 11.5 Å². The molecule has 6 heteroatoms. The molecule has 32 heavy (non-hydrogen) atoms. The lowest BCUT2D eigenvalue weighted by Crippen LogP contribution is -2.36. The number of phenols is 1. The molecule has 3 N–H and O–H groups in total. The maximum atomic E-state index is 12.9. The van der Waals surface area contributed by atoms with Crippen molar-refractivity contribution in [1.29, 1.82) is 0 Å². The maximum absolute atomic E-state index is 12.9. The molecule has 0 fully saturated rings. The average molecular weight is 439 g/mol. The van der Waals surface area contributed by atoms with Gasteiger partial charge in [0.2, 0.25) is 0 Å². The summed E-state index contributed by atoms with van der Waals surface area (Å²) in [4.78, 5) is 12.9. The molecular weight excluding hydrogens is 408 g/mol. The number of aromatic hydroxyl groups is 1. The Labute approximate surface area is 188 Å². The zero-order valence-electron chi connectivity index (χ0n) is 18.9. The lowest BCUT2D eigenvalue weighted by molar-refractivity contribution is -0.121. The van der Waals surface area contributed by atoms with E-state index in [2.05, 4.69) is 19.9 Å². The number of ketones is 1. The quantitative estimate of drug-likeness (QED) is 0.474. The van der Waals surface area contributed by atoms with Gasteiger partial charge in [0.05, 0.1) is 7.11 Å². The molecule has 170 valence electrons. The van der Waals surface area contributed by atoms with Crippen LogP contribution in [-0.2, 0) is 9.53 Å². The highest BCUT2D eigenvalue weighted by Crippen LogP contribution is 2.39. The first kappa shape index (κ1) is 23.3. The summed E-state index contributed by atoms with van der Waals surface area (Å²) in [5, 5.41) is 31.1. The summed E-state index contributed by atoms with van der Waals surface area (Å²) < 4.78 is 11.0. The smallest absolute Gasteiger partial charge is 0.174 e. The zero-order valence-corrected chi connectivity index (χ0v) is 18.9. The molecule has 0 saturated heterocycles. The van der Waals surface area contributed by atoms with Gasteiger partial charge in [-0.05, 0) is 64.3 Å². The van der Waals surface area contributed by atoms with Gasteiger partial charge >= 0.3 is 0 Å². The molecule has 1 aromatic rings. The normalized spacial score (nSPS) is 20.8. The largest absolute Gasteiger partial charge is 0.511 e. The Morgan fingerprint density at radius 3 is 2.59 bits per heavy atom. The van der Waals surface area contributed by atoms with Crippen molar-refractivity contribution < 1.29 is 29.6 Å². The number of carbonyl (C=O) groups excluding carboxylic acids is 1. The molecule has 1 aromatic carbocycles. The van der Waals surface area contributed by atoms with Crippen LogP contribution >= 0.6 is 0 Å². The van der Waals surface area contributed by atoms with Crippen LogP contribution in [0.1, 0.15) is 45.6 Å². The van der Waals surface area contributed by atoms with E-state index in [1.165, 1.54) is 30.9 Å². The van der Waals surface area contributed by atoms with Crippen molar-refractivity contribution in [2.24, 2.45) is 5.92 Å². The molecule has 2 unspecified atom stereocenters. The number of phenolic OH excluding ortho intramolecular Hbond substituents is 1. The van der Waals surface area contributed by atoms with Crippen LogP contribution in [0.25, 0.3) is 5.76 Å². The van der Waals surface area contributed by atoms with Crippen LogP contribution in [0, 0.1) is 5.92 Å². The van der Waals surface area contributed by atoms with Crippen LogP contribution in [0.2, 0.25) is 0 Å². The van der Waals surface area contributed by atoms with E-state index in [-0.39, 0.29) is 34.6 Å². The molecule has 3 rings (SSSR count). The lowest BCUT2D eigenvalue weighted by Gasteiger charge is -2.33. The summed E-state index contributed by atoms with van der Waals surface area (Å²) in [7, 11) is 1.43. The Morgan fingerprint density at radius 1 is 1.16 bits per heavy atom. The summed E-state index contributed by atoms with van der Waals surface area (Å²) >= 11 is 0. The Balaban J connectivity index is 1.81. The highest BCUT2D eigenvalue weighted by Gasteiger charge is 2.41. The number of benzene rings is 1. The third kappa shape index (κ3) is 5.07.